The molecular formula is C10H5Cl2FN2O2. The van der Waals surface area contributed by atoms with Crippen LogP contribution in [0.25, 0.3) is 5.69 Å². The monoisotopic (exact) mass is 274 g/mol. The van der Waals surface area contributed by atoms with Crippen LogP contribution in [0.2, 0.25) is 10.2 Å². The third-order valence-electron chi connectivity index (χ3n) is 2.09. The smallest absolute Gasteiger partial charge is 0.295 e. The van der Waals surface area contributed by atoms with Crippen LogP contribution in [-0.2, 0) is 0 Å². The molecule has 0 fully saturated rings. The molecule has 0 aliphatic carbocycles. The highest BCUT2D eigenvalue weighted by Gasteiger charge is 2.13. The van der Waals surface area contributed by atoms with Crippen LogP contribution in [0, 0.1) is 5.82 Å². The van der Waals surface area contributed by atoms with Crippen molar-refractivity contribution in [3.63, 3.8) is 0 Å². The Labute approximate surface area is 104 Å². The van der Waals surface area contributed by atoms with Gasteiger partial charge in [-0.25, -0.2) is 9.36 Å². The highest BCUT2D eigenvalue weighted by atomic mass is 35.5. The second-order valence-corrected chi connectivity index (χ2v) is 3.99. The van der Waals surface area contributed by atoms with Crippen molar-refractivity contribution >= 4 is 23.2 Å². The van der Waals surface area contributed by atoms with E-state index in [1.54, 1.807) is 0 Å². The Bertz CT molecular complexity index is 676. The minimum absolute atomic E-state index is 0.205. The van der Waals surface area contributed by atoms with Crippen molar-refractivity contribution in [2.45, 2.75) is 0 Å². The van der Waals surface area contributed by atoms with Crippen LogP contribution in [0.4, 0.5) is 4.39 Å². The lowest BCUT2D eigenvalue weighted by Crippen LogP contribution is -2.35. The molecule has 2 rings (SSSR count). The third-order valence-corrected chi connectivity index (χ3v) is 2.60. The summed E-state index contributed by atoms with van der Waals surface area (Å²) in [6, 6.07) is 5.81. The van der Waals surface area contributed by atoms with Gasteiger partial charge in [0.2, 0.25) is 5.82 Å². The van der Waals surface area contributed by atoms with Gasteiger partial charge in [0.25, 0.3) is 5.56 Å². The molecule has 0 aliphatic rings. The summed E-state index contributed by atoms with van der Waals surface area (Å²) in [4.78, 5) is 25.1. The molecule has 0 bridgehead atoms. The zero-order valence-corrected chi connectivity index (χ0v) is 9.72. The van der Waals surface area contributed by atoms with E-state index in [2.05, 4.69) is 0 Å². The Balaban J connectivity index is 2.77. The molecule has 0 saturated heterocycles. The second kappa shape index (κ2) is 4.35. The number of nitrogens with one attached hydrogen (secondary N) is 1. The fourth-order valence-corrected chi connectivity index (χ4v) is 1.60. The fraction of sp³-hybridized carbons (Fsp3) is 0. The number of hydrogen-bond donors (Lipinski definition) is 1. The summed E-state index contributed by atoms with van der Waals surface area (Å²) in [5, 5.41) is -0.169. The normalized spacial score (nSPS) is 10.5. The predicted octanol–water partition coefficient (Wildman–Crippen LogP) is 1.97. The van der Waals surface area contributed by atoms with Crippen LogP contribution >= 0.6 is 23.2 Å². The summed E-state index contributed by atoms with van der Waals surface area (Å²) < 4.78 is 13.9. The quantitative estimate of drug-likeness (QED) is 0.809. The summed E-state index contributed by atoms with van der Waals surface area (Å²) in [7, 11) is 0. The van der Waals surface area contributed by atoms with Gasteiger partial charge in [-0.2, -0.15) is 4.39 Å². The van der Waals surface area contributed by atoms with Crippen molar-refractivity contribution < 1.29 is 4.39 Å². The Morgan fingerprint density at radius 2 is 1.71 bits per heavy atom. The molecule has 0 unspecified atom stereocenters. The zero-order valence-electron chi connectivity index (χ0n) is 8.21. The van der Waals surface area contributed by atoms with Gasteiger partial charge in [-0.1, -0.05) is 23.2 Å². The number of halogens is 3. The van der Waals surface area contributed by atoms with Crippen LogP contribution in [0.5, 0.6) is 0 Å². The number of H-pyrrole nitrogens is 1. The summed E-state index contributed by atoms with van der Waals surface area (Å²) in [5.74, 6) is -1.21. The molecule has 1 N–H and O–H groups in total. The first-order chi connectivity index (χ1) is 8.00. The van der Waals surface area contributed by atoms with Gasteiger partial charge in [-0.3, -0.25) is 9.78 Å². The van der Waals surface area contributed by atoms with Crippen molar-refractivity contribution in [3.8, 4) is 5.69 Å². The summed E-state index contributed by atoms with van der Waals surface area (Å²) in [6.07, 6.45) is 0. The maximum absolute atomic E-state index is 13.3. The molecule has 2 aromatic rings. The van der Waals surface area contributed by atoms with E-state index in [4.69, 9.17) is 23.2 Å². The van der Waals surface area contributed by atoms with Crippen LogP contribution in [0.15, 0.2) is 33.9 Å². The molecule has 7 heteroatoms. The number of hydrogen-bond acceptors (Lipinski definition) is 2. The largest absolute Gasteiger partial charge is 0.334 e. The summed E-state index contributed by atoms with van der Waals surface area (Å²) in [6.45, 7) is 0. The van der Waals surface area contributed by atoms with Crippen LogP contribution < -0.4 is 11.2 Å². The van der Waals surface area contributed by atoms with Gasteiger partial charge in [0.1, 0.15) is 0 Å². The van der Waals surface area contributed by atoms with Crippen molar-refractivity contribution in [2.75, 3.05) is 0 Å². The van der Waals surface area contributed by atoms with Crippen molar-refractivity contribution in [1.82, 2.24) is 9.55 Å². The van der Waals surface area contributed by atoms with E-state index in [1.165, 1.54) is 24.3 Å². The Morgan fingerprint density at radius 3 is 2.29 bits per heavy atom. The molecule has 0 saturated carbocycles. The maximum atomic E-state index is 13.3. The van der Waals surface area contributed by atoms with E-state index in [1.807, 2.05) is 4.98 Å². The van der Waals surface area contributed by atoms with Gasteiger partial charge in [0.05, 0.1) is 5.69 Å². The Kier molecular flexibility index (Phi) is 3.04. The van der Waals surface area contributed by atoms with Gasteiger partial charge in [0, 0.05) is 5.02 Å². The molecule has 0 radical (unpaired) electrons. The SMILES string of the molecule is O=c1[nH]c(Cl)c(F)c(=O)n1-c1ccc(Cl)cc1. The Morgan fingerprint density at radius 1 is 1.12 bits per heavy atom. The zero-order chi connectivity index (χ0) is 12.6. The standard InChI is InChI=1S/C10H5Cl2FN2O2/c11-5-1-3-6(4-2-5)15-9(16)7(13)8(12)14-10(15)17/h1-4H,(H,14,17). The average Bonchev–Trinajstić information content (AvgIpc) is 2.29. The third kappa shape index (κ3) is 2.11. The number of nitrogens with zero attached hydrogens (tertiary/aromatic N) is 1. The van der Waals surface area contributed by atoms with Crippen LogP contribution in [-0.4, -0.2) is 9.55 Å². The van der Waals surface area contributed by atoms with Gasteiger partial charge in [-0.05, 0) is 24.3 Å². The molecule has 4 nitrogen and oxygen atoms in total. The first-order valence-electron chi connectivity index (χ1n) is 4.47. The van der Waals surface area contributed by atoms with Gasteiger partial charge in [-0.15, -0.1) is 0 Å². The molecule has 1 heterocycles. The molecular weight excluding hydrogens is 270 g/mol. The fourth-order valence-electron chi connectivity index (χ4n) is 1.31. The number of rotatable bonds is 1. The minimum Gasteiger partial charge on any atom is -0.295 e. The Hall–Kier alpha value is -1.59. The van der Waals surface area contributed by atoms with Crippen LogP contribution in [0.3, 0.4) is 0 Å². The van der Waals surface area contributed by atoms with Crippen molar-refractivity contribution in [2.24, 2.45) is 0 Å². The highest BCUT2D eigenvalue weighted by molar-refractivity contribution is 6.30. The molecule has 0 atom stereocenters. The lowest BCUT2D eigenvalue weighted by Gasteiger charge is -2.04. The van der Waals surface area contributed by atoms with Gasteiger partial charge in [0.15, 0.2) is 5.15 Å². The average molecular weight is 275 g/mol. The first kappa shape index (κ1) is 11.9. The topological polar surface area (TPSA) is 54.9 Å². The van der Waals surface area contributed by atoms with E-state index in [0.29, 0.717) is 9.59 Å². The lowest BCUT2D eigenvalue weighted by molar-refractivity contribution is 0.584. The summed E-state index contributed by atoms with van der Waals surface area (Å²) in [5.41, 5.74) is -1.72. The number of aromatic nitrogens is 2. The maximum Gasteiger partial charge on any atom is 0.334 e. The second-order valence-electron chi connectivity index (χ2n) is 3.18. The molecule has 1 aromatic heterocycles. The highest BCUT2D eigenvalue weighted by Crippen LogP contribution is 2.11. The summed E-state index contributed by atoms with van der Waals surface area (Å²) >= 11 is 11.0. The molecule has 1 aromatic carbocycles. The van der Waals surface area contributed by atoms with Crippen LogP contribution in [0.1, 0.15) is 0 Å². The van der Waals surface area contributed by atoms with Crippen molar-refractivity contribution in [1.29, 1.82) is 0 Å². The predicted molar refractivity (Wildman–Crippen MR) is 62.6 cm³/mol. The molecule has 17 heavy (non-hydrogen) atoms. The minimum atomic E-state index is -1.21. The van der Waals surface area contributed by atoms with E-state index < -0.39 is 22.2 Å². The van der Waals surface area contributed by atoms with Gasteiger partial charge < -0.3 is 0 Å². The molecule has 0 spiro atoms. The van der Waals surface area contributed by atoms with E-state index in [-0.39, 0.29) is 5.69 Å². The molecule has 0 aliphatic heterocycles. The number of benzene rings is 1. The van der Waals surface area contributed by atoms with E-state index in [0.717, 1.165) is 0 Å². The van der Waals surface area contributed by atoms with E-state index >= 15 is 0 Å². The van der Waals surface area contributed by atoms with Gasteiger partial charge >= 0.3 is 5.69 Å². The van der Waals surface area contributed by atoms with E-state index in [9.17, 15) is 14.0 Å². The lowest BCUT2D eigenvalue weighted by atomic mass is 10.3. The first-order valence-corrected chi connectivity index (χ1v) is 5.22. The number of aromatic amines is 1. The molecule has 88 valence electrons. The van der Waals surface area contributed by atoms with Crippen molar-refractivity contribution in [3.05, 3.63) is 61.1 Å². The molecule has 0 amide bonds.